The number of nitrogens with zero attached hydrogens (tertiary/aromatic N) is 4. The topological polar surface area (TPSA) is 72.2 Å². The molecule has 2 heterocycles. The minimum absolute atomic E-state index is 0.242. The van der Waals surface area contributed by atoms with E-state index in [0.29, 0.717) is 23.1 Å². The number of unbranched alkanes of at least 4 members (excludes halogenated alkanes) is 1. The fourth-order valence-corrected chi connectivity index (χ4v) is 4.60. The van der Waals surface area contributed by atoms with E-state index in [1.165, 1.54) is 17.5 Å². The Kier molecular flexibility index (Phi) is 7.66. The summed E-state index contributed by atoms with van der Waals surface area (Å²) in [5, 5.41) is 9.12. The van der Waals surface area contributed by atoms with Crippen molar-refractivity contribution in [3.63, 3.8) is 0 Å². The van der Waals surface area contributed by atoms with Crippen LogP contribution in [-0.4, -0.2) is 51.3 Å². The number of carbonyl (C=O) groups excluding carboxylic acids is 1. The predicted octanol–water partition coefficient (Wildman–Crippen LogP) is 4.43. The summed E-state index contributed by atoms with van der Waals surface area (Å²) in [6, 6.07) is 15.3. The quantitative estimate of drug-likeness (QED) is 0.346. The lowest BCUT2D eigenvalue weighted by molar-refractivity contribution is 0.0947. The molecule has 0 aliphatic heterocycles. The van der Waals surface area contributed by atoms with E-state index in [4.69, 9.17) is 0 Å². The van der Waals surface area contributed by atoms with Crippen LogP contribution < -0.4 is 10.9 Å². The molecule has 0 bridgehead atoms. The van der Waals surface area contributed by atoms with E-state index in [2.05, 4.69) is 29.2 Å². The molecule has 7 nitrogen and oxygen atoms in total. The highest BCUT2D eigenvalue weighted by Gasteiger charge is 2.23. The number of hydrogen-bond donors (Lipinski definition) is 1. The molecule has 0 saturated heterocycles. The second-order valence-electron chi connectivity index (χ2n) is 9.10. The minimum atomic E-state index is -0.260. The Morgan fingerprint density at radius 2 is 1.74 bits per heavy atom. The Morgan fingerprint density at radius 1 is 1.03 bits per heavy atom. The third-order valence-electron chi connectivity index (χ3n) is 6.64. The van der Waals surface area contributed by atoms with Crippen molar-refractivity contribution in [2.45, 2.75) is 40.0 Å². The molecule has 1 N–H and O–H groups in total. The van der Waals surface area contributed by atoms with Crippen molar-refractivity contribution in [2.75, 3.05) is 26.2 Å². The molecule has 1 amide bonds. The highest BCUT2D eigenvalue weighted by molar-refractivity contribution is 6.16. The van der Waals surface area contributed by atoms with Crippen molar-refractivity contribution in [2.24, 2.45) is 7.05 Å². The Balaban J connectivity index is 1.71. The van der Waals surface area contributed by atoms with E-state index in [0.717, 1.165) is 42.5 Å². The number of amides is 1. The molecular weight excluding hydrogens is 438 g/mol. The van der Waals surface area contributed by atoms with Gasteiger partial charge in [-0.2, -0.15) is 9.78 Å². The molecule has 0 aliphatic rings. The third-order valence-corrected chi connectivity index (χ3v) is 6.64. The van der Waals surface area contributed by atoms with Gasteiger partial charge in [0.05, 0.1) is 5.69 Å². The SMILES string of the molecule is CCCCN(CC)CCCNC(=O)c1nn(-c2ccc(C)cc2)c(=O)c2c1c1ccccc1n2C. The molecule has 0 atom stereocenters. The van der Waals surface area contributed by atoms with Gasteiger partial charge in [0.2, 0.25) is 0 Å². The zero-order valence-electron chi connectivity index (χ0n) is 21.2. The van der Waals surface area contributed by atoms with Crippen LogP contribution in [0.15, 0.2) is 53.3 Å². The van der Waals surface area contributed by atoms with Crippen molar-refractivity contribution in [1.82, 2.24) is 24.6 Å². The number of hydrogen-bond acceptors (Lipinski definition) is 4. The second-order valence-corrected chi connectivity index (χ2v) is 9.10. The monoisotopic (exact) mass is 473 g/mol. The van der Waals surface area contributed by atoms with Crippen LogP contribution in [0, 0.1) is 6.92 Å². The zero-order chi connectivity index (χ0) is 24.9. The van der Waals surface area contributed by atoms with Gasteiger partial charge in [0, 0.05) is 29.9 Å². The lowest BCUT2D eigenvalue weighted by Gasteiger charge is -2.19. The summed E-state index contributed by atoms with van der Waals surface area (Å²) in [6.07, 6.45) is 3.22. The van der Waals surface area contributed by atoms with E-state index in [-0.39, 0.29) is 17.2 Å². The molecule has 2 aromatic carbocycles. The van der Waals surface area contributed by atoms with Crippen LogP contribution in [0.5, 0.6) is 0 Å². The van der Waals surface area contributed by atoms with Crippen LogP contribution in [0.1, 0.15) is 49.2 Å². The highest BCUT2D eigenvalue weighted by Crippen LogP contribution is 2.28. The molecule has 0 aliphatic carbocycles. The maximum Gasteiger partial charge on any atom is 0.296 e. The number of aromatic nitrogens is 3. The van der Waals surface area contributed by atoms with E-state index in [9.17, 15) is 9.59 Å². The van der Waals surface area contributed by atoms with Crippen molar-refractivity contribution in [1.29, 1.82) is 0 Å². The largest absolute Gasteiger partial charge is 0.351 e. The van der Waals surface area contributed by atoms with Gasteiger partial charge in [0.25, 0.3) is 11.5 Å². The molecule has 4 aromatic rings. The van der Waals surface area contributed by atoms with Crippen LogP contribution in [0.3, 0.4) is 0 Å². The maximum atomic E-state index is 13.6. The van der Waals surface area contributed by atoms with Crippen molar-refractivity contribution < 1.29 is 4.79 Å². The van der Waals surface area contributed by atoms with Gasteiger partial charge < -0.3 is 14.8 Å². The van der Waals surface area contributed by atoms with Crippen molar-refractivity contribution in [3.8, 4) is 5.69 Å². The summed E-state index contributed by atoms with van der Waals surface area (Å²) in [5.41, 5.74) is 3.13. The van der Waals surface area contributed by atoms with Gasteiger partial charge in [0.1, 0.15) is 5.52 Å². The fraction of sp³-hybridized carbons (Fsp3) is 0.393. The van der Waals surface area contributed by atoms with Crippen LogP contribution >= 0.6 is 0 Å². The maximum absolute atomic E-state index is 13.6. The minimum Gasteiger partial charge on any atom is -0.351 e. The van der Waals surface area contributed by atoms with E-state index >= 15 is 0 Å². The predicted molar refractivity (Wildman–Crippen MR) is 143 cm³/mol. The fourth-order valence-electron chi connectivity index (χ4n) is 4.60. The van der Waals surface area contributed by atoms with Gasteiger partial charge >= 0.3 is 0 Å². The summed E-state index contributed by atoms with van der Waals surface area (Å²) in [5.74, 6) is -0.260. The summed E-state index contributed by atoms with van der Waals surface area (Å²) in [7, 11) is 1.86. The van der Waals surface area contributed by atoms with Gasteiger partial charge in [-0.1, -0.05) is 56.2 Å². The van der Waals surface area contributed by atoms with E-state index in [1.54, 1.807) is 0 Å². The van der Waals surface area contributed by atoms with E-state index in [1.807, 2.05) is 67.1 Å². The molecular formula is C28H35N5O2. The Morgan fingerprint density at radius 3 is 2.46 bits per heavy atom. The number of para-hydroxylation sites is 1. The second kappa shape index (κ2) is 10.9. The Hall–Kier alpha value is -3.45. The number of aryl methyl sites for hydroxylation is 2. The summed E-state index contributed by atoms with van der Waals surface area (Å²) < 4.78 is 3.21. The lowest BCUT2D eigenvalue weighted by atomic mass is 10.1. The molecule has 0 radical (unpaired) electrons. The number of rotatable bonds is 10. The number of benzene rings is 2. The van der Waals surface area contributed by atoms with Crippen LogP contribution in [-0.2, 0) is 7.05 Å². The van der Waals surface area contributed by atoms with E-state index < -0.39 is 0 Å². The standard InChI is InChI=1S/C28H35N5O2/c1-5-7-18-32(6-2)19-10-17-29-27(34)25-24-22-11-8-9-12-23(22)31(4)26(24)28(35)33(30-25)21-15-13-20(3)14-16-21/h8-9,11-16H,5-7,10,17-19H2,1-4H3,(H,29,34). The normalized spacial score (nSPS) is 11.6. The summed E-state index contributed by atoms with van der Waals surface area (Å²) in [4.78, 5) is 29.4. The third kappa shape index (κ3) is 5.00. The first-order chi connectivity index (χ1) is 17.0. The van der Waals surface area contributed by atoms with Gasteiger partial charge in [-0.25, -0.2) is 0 Å². The van der Waals surface area contributed by atoms with Gasteiger partial charge in [0.15, 0.2) is 5.69 Å². The Labute approximate surface area is 206 Å². The Bertz CT molecular complexity index is 1380. The highest BCUT2D eigenvalue weighted by atomic mass is 16.2. The van der Waals surface area contributed by atoms with Gasteiger partial charge in [-0.05, 0) is 57.6 Å². The number of nitrogens with one attached hydrogen (secondary N) is 1. The molecule has 0 saturated carbocycles. The average Bonchev–Trinajstić information content (AvgIpc) is 3.17. The summed E-state index contributed by atoms with van der Waals surface area (Å²) >= 11 is 0. The molecule has 0 spiro atoms. The van der Waals surface area contributed by atoms with Crippen LogP contribution in [0.2, 0.25) is 0 Å². The van der Waals surface area contributed by atoms with Crippen LogP contribution in [0.25, 0.3) is 27.5 Å². The summed E-state index contributed by atoms with van der Waals surface area (Å²) in [6.45, 7) is 9.95. The smallest absolute Gasteiger partial charge is 0.296 e. The molecule has 2 aromatic heterocycles. The number of fused-ring (bicyclic) bond motifs is 3. The first kappa shape index (κ1) is 24.7. The molecule has 35 heavy (non-hydrogen) atoms. The van der Waals surface area contributed by atoms with Crippen LogP contribution in [0.4, 0.5) is 0 Å². The zero-order valence-corrected chi connectivity index (χ0v) is 21.2. The lowest BCUT2D eigenvalue weighted by Crippen LogP contribution is -2.33. The molecule has 4 rings (SSSR count). The molecule has 0 unspecified atom stereocenters. The van der Waals surface area contributed by atoms with Gasteiger partial charge in [-0.15, -0.1) is 0 Å². The first-order valence-corrected chi connectivity index (χ1v) is 12.5. The average molecular weight is 474 g/mol. The van der Waals surface area contributed by atoms with Gasteiger partial charge in [-0.3, -0.25) is 9.59 Å². The molecule has 184 valence electrons. The number of carbonyl (C=O) groups is 1. The molecule has 0 fully saturated rings. The van der Waals surface area contributed by atoms with Crippen molar-refractivity contribution >= 4 is 27.7 Å². The first-order valence-electron chi connectivity index (χ1n) is 12.5. The van der Waals surface area contributed by atoms with Crippen molar-refractivity contribution in [3.05, 3.63) is 70.1 Å². The molecule has 7 heteroatoms.